The van der Waals surface area contributed by atoms with E-state index >= 15 is 0 Å². The van der Waals surface area contributed by atoms with E-state index in [4.69, 9.17) is 14.2 Å². The highest BCUT2D eigenvalue weighted by Crippen LogP contribution is 2.13. The second-order valence-electron chi connectivity index (χ2n) is 5.35. The highest BCUT2D eigenvalue weighted by atomic mass is 16.5. The quantitative estimate of drug-likeness (QED) is 0.446. The van der Waals surface area contributed by atoms with Crippen LogP contribution < -0.4 is 4.74 Å². The van der Waals surface area contributed by atoms with Gasteiger partial charge in [0.05, 0.1) is 20.3 Å². The Kier molecular flexibility index (Phi) is 10.5. The molecule has 26 heavy (non-hydrogen) atoms. The third-order valence-corrected chi connectivity index (χ3v) is 3.37. The zero-order valence-electron chi connectivity index (χ0n) is 15.6. The summed E-state index contributed by atoms with van der Waals surface area (Å²) in [5, 5.41) is 0. The van der Waals surface area contributed by atoms with E-state index in [0.717, 1.165) is 11.3 Å². The molecule has 0 aliphatic carbocycles. The number of ether oxygens (including phenoxy) is 3. The molecule has 0 heterocycles. The molecule has 6 nitrogen and oxygen atoms in total. The van der Waals surface area contributed by atoms with E-state index in [9.17, 15) is 9.59 Å². The summed E-state index contributed by atoms with van der Waals surface area (Å²) in [5.41, 5.74) is 1.10. The summed E-state index contributed by atoms with van der Waals surface area (Å²) in [6.07, 6.45) is 6.33. The fraction of sp³-hybridized carbons (Fsp3) is 0.400. The van der Waals surface area contributed by atoms with Crippen molar-refractivity contribution in [2.24, 2.45) is 0 Å². The first kappa shape index (κ1) is 21.4. The molecule has 1 aromatic carbocycles. The van der Waals surface area contributed by atoms with Crippen LogP contribution in [-0.2, 0) is 25.6 Å². The molecule has 0 spiro atoms. The number of carbonyl (C=O) groups excluding carboxylic acids is 2. The molecule has 0 saturated carbocycles. The van der Waals surface area contributed by atoms with Crippen molar-refractivity contribution in [3.8, 4) is 5.75 Å². The summed E-state index contributed by atoms with van der Waals surface area (Å²) in [6, 6.07) is 7.76. The van der Waals surface area contributed by atoms with Gasteiger partial charge in [-0.3, -0.25) is 4.90 Å². The molecule has 0 aliphatic heterocycles. The van der Waals surface area contributed by atoms with Gasteiger partial charge in [-0.1, -0.05) is 24.3 Å². The first-order valence-corrected chi connectivity index (χ1v) is 8.60. The van der Waals surface area contributed by atoms with Crippen molar-refractivity contribution in [3.05, 3.63) is 54.1 Å². The number of benzene rings is 1. The Bertz CT molecular complexity index is 577. The van der Waals surface area contributed by atoms with Crippen LogP contribution in [0.1, 0.15) is 19.4 Å². The highest BCUT2D eigenvalue weighted by Gasteiger charge is 2.05. The molecule has 6 heteroatoms. The molecular formula is C20H27NO5. The lowest BCUT2D eigenvalue weighted by Gasteiger charge is -2.19. The molecule has 0 saturated heterocycles. The van der Waals surface area contributed by atoms with E-state index in [-0.39, 0.29) is 11.9 Å². The van der Waals surface area contributed by atoms with Gasteiger partial charge >= 0.3 is 11.9 Å². The lowest BCUT2D eigenvalue weighted by Crippen LogP contribution is -2.24. The van der Waals surface area contributed by atoms with Gasteiger partial charge < -0.3 is 14.2 Å². The fourth-order valence-electron chi connectivity index (χ4n) is 2.17. The van der Waals surface area contributed by atoms with Crippen molar-refractivity contribution in [1.29, 1.82) is 0 Å². The summed E-state index contributed by atoms with van der Waals surface area (Å²) < 4.78 is 14.9. The first-order chi connectivity index (χ1) is 12.6. The minimum Gasteiger partial charge on any atom is -0.497 e. The number of esters is 2. The second-order valence-corrected chi connectivity index (χ2v) is 5.35. The van der Waals surface area contributed by atoms with E-state index in [2.05, 4.69) is 4.90 Å². The third kappa shape index (κ3) is 9.03. The van der Waals surface area contributed by atoms with Gasteiger partial charge in [0.2, 0.25) is 0 Å². The van der Waals surface area contributed by atoms with Crippen molar-refractivity contribution in [1.82, 2.24) is 4.90 Å². The highest BCUT2D eigenvalue weighted by molar-refractivity contribution is 5.82. The Balaban J connectivity index is 2.69. The van der Waals surface area contributed by atoms with Gasteiger partial charge in [-0.2, -0.15) is 0 Å². The summed E-state index contributed by atoms with van der Waals surface area (Å²) in [5.74, 6) is 0.0719. The maximum absolute atomic E-state index is 11.4. The van der Waals surface area contributed by atoms with Crippen LogP contribution in [0.15, 0.2) is 48.6 Å². The molecule has 0 bridgehead atoms. The van der Waals surface area contributed by atoms with E-state index in [1.54, 1.807) is 33.1 Å². The Morgan fingerprint density at radius 2 is 1.42 bits per heavy atom. The summed E-state index contributed by atoms with van der Waals surface area (Å²) in [7, 11) is 1.63. The van der Waals surface area contributed by atoms with Crippen molar-refractivity contribution in [3.63, 3.8) is 0 Å². The Morgan fingerprint density at radius 3 is 1.85 bits per heavy atom. The van der Waals surface area contributed by atoms with Crippen molar-refractivity contribution in [2.45, 2.75) is 20.4 Å². The molecule has 1 rings (SSSR count). The van der Waals surface area contributed by atoms with Crippen LogP contribution in [0.2, 0.25) is 0 Å². The third-order valence-electron chi connectivity index (χ3n) is 3.37. The molecule has 0 radical (unpaired) electrons. The predicted octanol–water partition coefficient (Wildman–Crippen LogP) is 2.74. The van der Waals surface area contributed by atoms with Crippen molar-refractivity contribution < 1.29 is 23.8 Å². The lowest BCUT2D eigenvalue weighted by molar-refractivity contribution is -0.138. The standard InChI is InChI=1S/C20H27NO5/c1-4-25-19(22)8-6-14-21(15-7-9-20(23)26-5-2)16-17-10-12-18(24-3)13-11-17/h6-13H,4-5,14-16H2,1-3H3. The maximum Gasteiger partial charge on any atom is 0.330 e. The summed E-state index contributed by atoms with van der Waals surface area (Å²) >= 11 is 0. The molecular weight excluding hydrogens is 334 g/mol. The van der Waals surface area contributed by atoms with Gasteiger partial charge in [-0.15, -0.1) is 0 Å². The fourth-order valence-corrected chi connectivity index (χ4v) is 2.17. The topological polar surface area (TPSA) is 65.1 Å². The minimum absolute atomic E-state index is 0.348. The zero-order valence-corrected chi connectivity index (χ0v) is 15.6. The van der Waals surface area contributed by atoms with Crippen LogP contribution in [0.5, 0.6) is 5.75 Å². The van der Waals surface area contributed by atoms with Gasteiger partial charge in [0, 0.05) is 31.8 Å². The SMILES string of the molecule is CCOC(=O)C=CCN(CC=CC(=O)OCC)Cc1ccc(OC)cc1. The Hall–Kier alpha value is -2.60. The van der Waals surface area contributed by atoms with Crippen LogP contribution >= 0.6 is 0 Å². The monoisotopic (exact) mass is 361 g/mol. The summed E-state index contributed by atoms with van der Waals surface area (Å²) in [4.78, 5) is 24.9. The van der Waals surface area contributed by atoms with Crippen molar-refractivity contribution >= 4 is 11.9 Å². The van der Waals surface area contributed by atoms with Gasteiger partial charge in [-0.25, -0.2) is 9.59 Å². The van der Waals surface area contributed by atoms with Crippen LogP contribution in [0.4, 0.5) is 0 Å². The van der Waals surface area contributed by atoms with Crippen LogP contribution in [0.3, 0.4) is 0 Å². The molecule has 0 amide bonds. The van der Waals surface area contributed by atoms with Crippen LogP contribution in [0.25, 0.3) is 0 Å². The van der Waals surface area contributed by atoms with Gasteiger partial charge in [-0.05, 0) is 31.5 Å². The Morgan fingerprint density at radius 1 is 0.923 bits per heavy atom. The van der Waals surface area contributed by atoms with Gasteiger partial charge in [0.1, 0.15) is 5.75 Å². The number of hydrogen-bond acceptors (Lipinski definition) is 6. The average molecular weight is 361 g/mol. The number of carbonyl (C=O) groups is 2. The molecule has 1 aromatic rings. The largest absolute Gasteiger partial charge is 0.497 e. The Labute approximate surface area is 155 Å². The van der Waals surface area contributed by atoms with E-state index in [0.29, 0.717) is 32.8 Å². The maximum atomic E-state index is 11.4. The van der Waals surface area contributed by atoms with Gasteiger partial charge in [0.15, 0.2) is 0 Å². The van der Waals surface area contributed by atoms with E-state index < -0.39 is 0 Å². The smallest absolute Gasteiger partial charge is 0.330 e. The summed E-state index contributed by atoms with van der Waals surface area (Å²) in [6.45, 7) is 5.96. The molecule has 0 aliphatic rings. The normalized spacial score (nSPS) is 11.2. The molecule has 0 aromatic heterocycles. The molecule has 0 fully saturated rings. The molecule has 0 atom stereocenters. The number of nitrogens with zero attached hydrogens (tertiary/aromatic N) is 1. The molecule has 0 unspecified atom stereocenters. The predicted molar refractivity (Wildman–Crippen MR) is 99.8 cm³/mol. The lowest BCUT2D eigenvalue weighted by atomic mass is 10.2. The van der Waals surface area contributed by atoms with Gasteiger partial charge in [0.25, 0.3) is 0 Å². The van der Waals surface area contributed by atoms with E-state index in [1.807, 2.05) is 24.3 Å². The number of rotatable bonds is 11. The zero-order chi connectivity index (χ0) is 19.2. The second kappa shape index (κ2) is 12.7. The number of methoxy groups -OCH3 is 1. The van der Waals surface area contributed by atoms with Crippen LogP contribution in [0, 0.1) is 0 Å². The van der Waals surface area contributed by atoms with E-state index in [1.165, 1.54) is 12.2 Å². The van der Waals surface area contributed by atoms with Crippen molar-refractivity contribution in [2.75, 3.05) is 33.4 Å². The first-order valence-electron chi connectivity index (χ1n) is 8.60. The molecule has 0 N–H and O–H groups in total. The molecule has 142 valence electrons. The average Bonchev–Trinajstić information content (AvgIpc) is 2.62. The minimum atomic E-state index is -0.362. The van der Waals surface area contributed by atoms with Crippen LogP contribution in [-0.4, -0.2) is 50.3 Å². The number of hydrogen-bond donors (Lipinski definition) is 0.